The van der Waals surface area contributed by atoms with Crippen molar-refractivity contribution in [1.82, 2.24) is 9.97 Å². The van der Waals surface area contributed by atoms with Crippen molar-refractivity contribution in [2.75, 3.05) is 0 Å². The van der Waals surface area contributed by atoms with Crippen molar-refractivity contribution in [2.45, 2.75) is 6.18 Å². The van der Waals surface area contributed by atoms with Gasteiger partial charge >= 0.3 is 6.18 Å². The number of aromatic nitrogens is 2. The van der Waals surface area contributed by atoms with E-state index in [2.05, 4.69) is 47.4 Å². The maximum atomic E-state index is 12.9. The molecular weight excluding hydrogens is 513 g/mol. The van der Waals surface area contributed by atoms with E-state index in [1.54, 1.807) is 11.3 Å². The van der Waals surface area contributed by atoms with Crippen LogP contribution < -0.4 is 0 Å². The largest absolute Gasteiger partial charge is 0.416 e. The first-order valence-corrected chi connectivity index (χ1v) is 13.2. The molecule has 0 saturated carbocycles. The summed E-state index contributed by atoms with van der Waals surface area (Å²) < 4.78 is 39.9. The number of halogens is 3. The van der Waals surface area contributed by atoms with E-state index < -0.39 is 11.7 Å². The van der Waals surface area contributed by atoms with Crippen LogP contribution in [0.3, 0.4) is 0 Å². The number of benzene rings is 4. The van der Waals surface area contributed by atoms with Crippen LogP contribution in [0, 0.1) is 0 Å². The van der Waals surface area contributed by atoms with Crippen LogP contribution in [0.25, 0.3) is 64.6 Å². The van der Waals surface area contributed by atoms with Crippen molar-refractivity contribution in [3.8, 4) is 33.5 Å². The molecule has 0 amide bonds. The number of thiophene rings is 1. The average Bonchev–Trinajstić information content (AvgIpc) is 3.35. The van der Waals surface area contributed by atoms with Gasteiger partial charge in [-0.15, -0.1) is 11.3 Å². The van der Waals surface area contributed by atoms with Crippen molar-refractivity contribution in [3.05, 3.63) is 121 Å². The maximum absolute atomic E-state index is 12.9. The normalized spacial score (nSPS) is 12.0. The number of nitrogens with zero attached hydrogens (tertiary/aromatic N) is 2. The van der Waals surface area contributed by atoms with Crippen LogP contribution in [-0.2, 0) is 6.18 Å². The molecule has 0 aliphatic heterocycles. The van der Waals surface area contributed by atoms with E-state index in [-0.39, 0.29) is 0 Å². The van der Waals surface area contributed by atoms with E-state index in [0.717, 1.165) is 66.6 Å². The van der Waals surface area contributed by atoms with Crippen LogP contribution in [0.15, 0.2) is 116 Å². The molecule has 4 aromatic carbocycles. The first-order valence-electron chi connectivity index (χ1n) is 12.4. The zero-order valence-electron chi connectivity index (χ0n) is 20.4. The second-order valence-electron chi connectivity index (χ2n) is 9.42. The Morgan fingerprint density at radius 1 is 0.590 bits per heavy atom. The summed E-state index contributed by atoms with van der Waals surface area (Å²) in [5.41, 5.74) is 5.05. The van der Waals surface area contributed by atoms with Gasteiger partial charge in [-0.1, -0.05) is 60.7 Å². The lowest BCUT2D eigenvalue weighted by Gasteiger charge is -2.10. The minimum Gasteiger partial charge on any atom is -0.256 e. The van der Waals surface area contributed by atoms with Gasteiger partial charge in [-0.25, -0.2) is 4.98 Å². The Balaban J connectivity index is 1.19. The summed E-state index contributed by atoms with van der Waals surface area (Å²) in [4.78, 5) is 10.4. The molecule has 0 spiro atoms. The molecule has 6 heteroatoms. The average molecular weight is 533 g/mol. The Hall–Kier alpha value is -4.55. The minimum absolute atomic E-state index is 0.645. The van der Waals surface area contributed by atoms with Crippen molar-refractivity contribution >= 4 is 42.4 Å². The molecule has 7 rings (SSSR count). The molecule has 0 radical (unpaired) electrons. The number of pyridine rings is 2. The Morgan fingerprint density at radius 2 is 1.26 bits per heavy atom. The molecule has 0 unspecified atom stereocenters. The third kappa shape index (κ3) is 4.23. The fraction of sp³-hybridized carbons (Fsp3) is 0.0303. The van der Waals surface area contributed by atoms with E-state index in [1.807, 2.05) is 48.8 Å². The van der Waals surface area contributed by atoms with Gasteiger partial charge in [0.2, 0.25) is 0 Å². The molecule has 0 atom stereocenters. The molecule has 2 nitrogen and oxygen atoms in total. The van der Waals surface area contributed by atoms with Crippen LogP contribution >= 0.6 is 11.3 Å². The summed E-state index contributed by atoms with van der Waals surface area (Å²) >= 11 is 1.69. The van der Waals surface area contributed by atoms with E-state index in [9.17, 15) is 13.2 Å². The second kappa shape index (κ2) is 9.03. The van der Waals surface area contributed by atoms with Crippen molar-refractivity contribution < 1.29 is 13.2 Å². The highest BCUT2D eigenvalue weighted by Crippen LogP contribution is 2.39. The fourth-order valence-corrected chi connectivity index (χ4v) is 6.18. The van der Waals surface area contributed by atoms with E-state index in [4.69, 9.17) is 4.98 Å². The summed E-state index contributed by atoms with van der Waals surface area (Å²) in [5, 5.41) is 4.42. The standard InChI is InChI=1S/C33H19F3N2S/c34-33(35,36)26-13-10-20(11-14-26)21-6-7-23-18-24(9-8-22(23)17-21)25-12-15-30(38-19-25)29-4-1-3-27-28-5-2-16-37-32(28)39-31(27)29/h1-19H. The highest BCUT2D eigenvalue weighted by Gasteiger charge is 2.30. The summed E-state index contributed by atoms with van der Waals surface area (Å²) in [6.45, 7) is 0. The van der Waals surface area contributed by atoms with Crippen molar-refractivity contribution in [2.24, 2.45) is 0 Å². The number of alkyl halides is 3. The monoisotopic (exact) mass is 532 g/mol. The maximum Gasteiger partial charge on any atom is 0.416 e. The molecule has 0 bridgehead atoms. The molecule has 3 aromatic heterocycles. The first-order chi connectivity index (χ1) is 18.9. The topological polar surface area (TPSA) is 25.8 Å². The molecule has 0 fully saturated rings. The molecular formula is C33H19F3N2S. The molecule has 39 heavy (non-hydrogen) atoms. The van der Waals surface area contributed by atoms with Gasteiger partial charge < -0.3 is 0 Å². The first kappa shape index (κ1) is 23.6. The lowest BCUT2D eigenvalue weighted by Crippen LogP contribution is -2.03. The van der Waals surface area contributed by atoms with Gasteiger partial charge in [0.05, 0.1) is 11.3 Å². The van der Waals surface area contributed by atoms with Gasteiger partial charge in [0.15, 0.2) is 0 Å². The van der Waals surface area contributed by atoms with E-state index in [0.29, 0.717) is 0 Å². The zero-order chi connectivity index (χ0) is 26.6. The van der Waals surface area contributed by atoms with E-state index >= 15 is 0 Å². The zero-order valence-corrected chi connectivity index (χ0v) is 21.2. The Labute approximate surface area is 226 Å². The molecule has 3 heterocycles. The Bertz CT molecular complexity index is 1990. The van der Waals surface area contributed by atoms with Gasteiger partial charge in [0.25, 0.3) is 0 Å². The summed E-state index contributed by atoms with van der Waals surface area (Å²) in [6, 6.07) is 31.9. The number of fused-ring (bicyclic) bond motifs is 4. The third-order valence-corrected chi connectivity index (χ3v) is 8.20. The second-order valence-corrected chi connectivity index (χ2v) is 10.4. The highest BCUT2D eigenvalue weighted by molar-refractivity contribution is 7.26. The minimum atomic E-state index is -4.34. The van der Waals surface area contributed by atoms with Crippen molar-refractivity contribution in [3.63, 3.8) is 0 Å². The van der Waals surface area contributed by atoms with Gasteiger partial charge in [0.1, 0.15) is 4.83 Å². The van der Waals surface area contributed by atoms with Crippen molar-refractivity contribution in [1.29, 1.82) is 0 Å². The van der Waals surface area contributed by atoms with Crippen LogP contribution in [0.1, 0.15) is 5.56 Å². The third-order valence-electron chi connectivity index (χ3n) is 7.03. The number of hydrogen-bond donors (Lipinski definition) is 0. The SMILES string of the molecule is FC(F)(F)c1ccc(-c2ccc3cc(-c4ccc(-c5cccc6c5sc5ncccc56)nc4)ccc3c2)cc1. The van der Waals surface area contributed by atoms with Crippen LogP contribution in [-0.4, -0.2) is 9.97 Å². The van der Waals surface area contributed by atoms with Gasteiger partial charge in [-0.3, -0.25) is 4.98 Å². The summed E-state index contributed by atoms with van der Waals surface area (Å²) in [6.07, 6.45) is -0.615. The molecule has 0 saturated heterocycles. The molecule has 7 aromatic rings. The lowest BCUT2D eigenvalue weighted by atomic mass is 9.97. The van der Waals surface area contributed by atoms with Crippen LogP contribution in [0.4, 0.5) is 13.2 Å². The summed E-state index contributed by atoms with van der Waals surface area (Å²) in [7, 11) is 0. The predicted molar refractivity (Wildman–Crippen MR) is 154 cm³/mol. The van der Waals surface area contributed by atoms with Gasteiger partial charge in [-0.05, 0) is 69.9 Å². The quantitative estimate of drug-likeness (QED) is 0.226. The number of rotatable bonds is 3. The smallest absolute Gasteiger partial charge is 0.256 e. The van der Waals surface area contributed by atoms with Crippen LogP contribution in [0.2, 0.25) is 0 Å². The molecule has 0 aliphatic carbocycles. The molecule has 0 aliphatic rings. The summed E-state index contributed by atoms with van der Waals surface area (Å²) in [5.74, 6) is 0. The number of hydrogen-bond acceptors (Lipinski definition) is 3. The fourth-order valence-electron chi connectivity index (χ4n) is 5.02. The lowest BCUT2D eigenvalue weighted by molar-refractivity contribution is -0.137. The van der Waals surface area contributed by atoms with Gasteiger partial charge in [-0.2, -0.15) is 13.2 Å². The van der Waals surface area contributed by atoms with Crippen LogP contribution in [0.5, 0.6) is 0 Å². The molecule has 0 N–H and O–H groups in total. The van der Waals surface area contributed by atoms with Gasteiger partial charge in [0, 0.05) is 39.0 Å². The predicted octanol–water partition coefficient (Wildman–Crippen LogP) is 10.0. The Morgan fingerprint density at radius 3 is 1.95 bits per heavy atom. The highest BCUT2D eigenvalue weighted by atomic mass is 32.1. The molecule has 188 valence electrons. The van der Waals surface area contributed by atoms with E-state index in [1.165, 1.54) is 22.2 Å². The Kier molecular flexibility index (Phi) is 5.46.